The number of nitrogens with one attached hydrogen (secondary N) is 1. The predicted octanol–water partition coefficient (Wildman–Crippen LogP) is 2.37. The van der Waals surface area contributed by atoms with Crippen LogP contribution in [0.5, 0.6) is 0 Å². The minimum atomic E-state index is -4.46. The maximum Gasteiger partial charge on any atom is 0.406 e. The van der Waals surface area contributed by atoms with E-state index in [-0.39, 0.29) is 19.5 Å². The van der Waals surface area contributed by atoms with Crippen LogP contribution in [0.4, 0.5) is 13.2 Å². The minimum Gasteiger partial charge on any atom is -0.352 e. The fourth-order valence-electron chi connectivity index (χ4n) is 2.30. The number of halogens is 4. The molecule has 1 aliphatic heterocycles. The second-order valence-electron chi connectivity index (χ2n) is 5.14. The monoisotopic (exact) mass is 334 g/mol. The molecule has 2 amide bonds. The van der Waals surface area contributed by atoms with Crippen LogP contribution in [-0.2, 0) is 16.1 Å². The molecule has 1 aromatic carbocycles. The van der Waals surface area contributed by atoms with Gasteiger partial charge in [-0.15, -0.1) is 0 Å². The molecule has 4 nitrogen and oxygen atoms in total. The highest BCUT2D eigenvalue weighted by molar-refractivity contribution is 6.30. The first-order valence-electron chi connectivity index (χ1n) is 6.61. The van der Waals surface area contributed by atoms with Crippen molar-refractivity contribution in [3.05, 3.63) is 34.9 Å². The predicted molar refractivity (Wildman–Crippen MR) is 74.0 cm³/mol. The molecule has 0 aromatic heterocycles. The van der Waals surface area contributed by atoms with Gasteiger partial charge in [-0.2, -0.15) is 13.2 Å². The Morgan fingerprint density at radius 3 is 2.77 bits per heavy atom. The van der Waals surface area contributed by atoms with Crippen LogP contribution in [-0.4, -0.2) is 36.0 Å². The summed E-state index contributed by atoms with van der Waals surface area (Å²) in [6.45, 7) is -1.31. The molecule has 1 saturated heterocycles. The van der Waals surface area contributed by atoms with E-state index < -0.39 is 30.5 Å². The van der Waals surface area contributed by atoms with Gasteiger partial charge < -0.3 is 10.2 Å². The average molecular weight is 335 g/mol. The maximum absolute atomic E-state index is 12.3. The highest BCUT2D eigenvalue weighted by Gasteiger charge is 2.40. The third kappa shape index (κ3) is 4.62. The normalized spacial score (nSPS) is 18.6. The molecule has 22 heavy (non-hydrogen) atoms. The fourth-order valence-corrected chi connectivity index (χ4v) is 2.51. The van der Waals surface area contributed by atoms with Crippen molar-refractivity contribution in [2.45, 2.75) is 19.1 Å². The van der Waals surface area contributed by atoms with E-state index in [2.05, 4.69) is 5.32 Å². The molecule has 1 aromatic rings. The summed E-state index contributed by atoms with van der Waals surface area (Å²) in [6, 6.07) is 6.87. The summed E-state index contributed by atoms with van der Waals surface area (Å²) in [7, 11) is 0. The Morgan fingerprint density at radius 2 is 2.14 bits per heavy atom. The van der Waals surface area contributed by atoms with Gasteiger partial charge in [-0.25, -0.2) is 0 Å². The minimum absolute atomic E-state index is 0.197. The Balaban J connectivity index is 1.87. The maximum atomic E-state index is 12.3. The Hall–Kier alpha value is -1.76. The van der Waals surface area contributed by atoms with Crippen molar-refractivity contribution in [2.24, 2.45) is 5.92 Å². The van der Waals surface area contributed by atoms with Crippen molar-refractivity contribution >= 4 is 23.4 Å². The van der Waals surface area contributed by atoms with Gasteiger partial charge in [-0.3, -0.25) is 9.59 Å². The lowest BCUT2D eigenvalue weighted by Gasteiger charge is -2.18. The van der Waals surface area contributed by atoms with Crippen LogP contribution in [0.15, 0.2) is 24.3 Å². The SMILES string of the molecule is O=C(NCc1cccc(Cl)c1)[C@H]1CC(=O)N(CC(F)(F)F)C1. The first-order chi connectivity index (χ1) is 10.2. The lowest BCUT2D eigenvalue weighted by Crippen LogP contribution is -2.37. The number of hydrogen-bond acceptors (Lipinski definition) is 2. The summed E-state index contributed by atoms with van der Waals surface area (Å²) < 4.78 is 36.9. The number of amides is 2. The van der Waals surface area contributed by atoms with Crippen molar-refractivity contribution in [1.29, 1.82) is 0 Å². The van der Waals surface area contributed by atoms with Gasteiger partial charge in [0.25, 0.3) is 0 Å². The van der Waals surface area contributed by atoms with Crippen molar-refractivity contribution in [1.82, 2.24) is 10.2 Å². The Bertz CT molecular complexity index is 577. The number of rotatable bonds is 4. The summed E-state index contributed by atoms with van der Waals surface area (Å²) in [4.78, 5) is 24.1. The molecule has 0 radical (unpaired) electrons. The molecule has 120 valence electrons. The van der Waals surface area contributed by atoms with Gasteiger partial charge in [0.2, 0.25) is 11.8 Å². The highest BCUT2D eigenvalue weighted by atomic mass is 35.5. The van der Waals surface area contributed by atoms with Crippen LogP contribution in [0.3, 0.4) is 0 Å². The molecule has 0 saturated carbocycles. The number of nitrogens with zero attached hydrogens (tertiary/aromatic N) is 1. The zero-order valence-corrected chi connectivity index (χ0v) is 12.2. The smallest absolute Gasteiger partial charge is 0.352 e. The van der Waals surface area contributed by atoms with Crippen LogP contribution in [0.25, 0.3) is 0 Å². The number of carbonyl (C=O) groups excluding carboxylic acids is 2. The van der Waals surface area contributed by atoms with E-state index in [0.717, 1.165) is 5.56 Å². The van der Waals surface area contributed by atoms with E-state index in [1.54, 1.807) is 24.3 Å². The van der Waals surface area contributed by atoms with Crippen LogP contribution < -0.4 is 5.32 Å². The molecular formula is C14H14ClF3N2O2. The quantitative estimate of drug-likeness (QED) is 0.919. The first-order valence-corrected chi connectivity index (χ1v) is 6.99. The third-order valence-electron chi connectivity index (χ3n) is 3.31. The van der Waals surface area contributed by atoms with Gasteiger partial charge in [0, 0.05) is 24.5 Å². The Kier molecular flexibility index (Phi) is 4.95. The number of hydrogen-bond donors (Lipinski definition) is 1. The Labute approximate surface area is 130 Å². The standard InChI is InChI=1S/C14H14ClF3N2O2/c15-11-3-1-2-9(4-11)6-19-13(22)10-5-12(21)20(7-10)8-14(16,17)18/h1-4,10H,5-8H2,(H,19,22)/t10-/m0/s1. The lowest BCUT2D eigenvalue weighted by molar-refractivity contribution is -0.157. The van der Waals surface area contributed by atoms with Crippen molar-refractivity contribution in [2.75, 3.05) is 13.1 Å². The lowest BCUT2D eigenvalue weighted by atomic mass is 10.1. The van der Waals surface area contributed by atoms with Gasteiger partial charge in [-0.1, -0.05) is 23.7 Å². The average Bonchev–Trinajstić information content (AvgIpc) is 2.75. The molecule has 1 heterocycles. The molecular weight excluding hydrogens is 321 g/mol. The molecule has 1 aliphatic rings. The number of benzene rings is 1. The number of alkyl halides is 3. The fraction of sp³-hybridized carbons (Fsp3) is 0.429. The third-order valence-corrected chi connectivity index (χ3v) is 3.55. The molecule has 1 N–H and O–H groups in total. The topological polar surface area (TPSA) is 49.4 Å². The van der Waals surface area contributed by atoms with E-state index in [4.69, 9.17) is 11.6 Å². The first kappa shape index (κ1) is 16.6. The van der Waals surface area contributed by atoms with E-state index in [0.29, 0.717) is 9.92 Å². The van der Waals surface area contributed by atoms with Gasteiger partial charge >= 0.3 is 6.18 Å². The number of carbonyl (C=O) groups is 2. The van der Waals surface area contributed by atoms with Crippen molar-refractivity contribution in [3.63, 3.8) is 0 Å². The number of likely N-dealkylation sites (tertiary alicyclic amines) is 1. The molecule has 0 spiro atoms. The van der Waals surface area contributed by atoms with E-state index >= 15 is 0 Å². The second kappa shape index (κ2) is 6.56. The van der Waals surface area contributed by atoms with Crippen molar-refractivity contribution in [3.8, 4) is 0 Å². The summed E-state index contributed by atoms with van der Waals surface area (Å²) in [5, 5.41) is 3.14. The van der Waals surface area contributed by atoms with Crippen LogP contribution in [0.1, 0.15) is 12.0 Å². The van der Waals surface area contributed by atoms with E-state index in [9.17, 15) is 22.8 Å². The largest absolute Gasteiger partial charge is 0.406 e. The second-order valence-corrected chi connectivity index (χ2v) is 5.57. The van der Waals surface area contributed by atoms with Gasteiger partial charge in [-0.05, 0) is 17.7 Å². The van der Waals surface area contributed by atoms with Gasteiger partial charge in [0.1, 0.15) is 6.54 Å². The Morgan fingerprint density at radius 1 is 1.41 bits per heavy atom. The molecule has 8 heteroatoms. The van der Waals surface area contributed by atoms with Crippen molar-refractivity contribution < 1.29 is 22.8 Å². The van der Waals surface area contributed by atoms with Crippen LogP contribution in [0.2, 0.25) is 5.02 Å². The van der Waals surface area contributed by atoms with E-state index in [1.165, 1.54) is 0 Å². The highest BCUT2D eigenvalue weighted by Crippen LogP contribution is 2.24. The van der Waals surface area contributed by atoms with Gasteiger partial charge in [0.15, 0.2) is 0 Å². The zero-order chi connectivity index (χ0) is 16.3. The molecule has 1 fully saturated rings. The molecule has 2 rings (SSSR count). The van der Waals surface area contributed by atoms with E-state index in [1.807, 2.05) is 0 Å². The van der Waals surface area contributed by atoms with Gasteiger partial charge in [0.05, 0.1) is 5.92 Å². The zero-order valence-electron chi connectivity index (χ0n) is 11.5. The molecule has 0 unspecified atom stereocenters. The summed E-state index contributed by atoms with van der Waals surface area (Å²) in [5.74, 6) is -1.84. The summed E-state index contributed by atoms with van der Waals surface area (Å²) in [6.07, 6.45) is -4.65. The van der Waals surface area contributed by atoms with Crippen LogP contribution in [0, 0.1) is 5.92 Å². The van der Waals surface area contributed by atoms with Crippen LogP contribution >= 0.6 is 11.6 Å². The summed E-state index contributed by atoms with van der Waals surface area (Å²) >= 11 is 5.82. The summed E-state index contributed by atoms with van der Waals surface area (Å²) in [5.41, 5.74) is 0.775. The molecule has 1 atom stereocenters. The molecule has 0 bridgehead atoms. The molecule has 0 aliphatic carbocycles.